The van der Waals surface area contributed by atoms with Crippen molar-refractivity contribution in [2.24, 2.45) is 5.92 Å². The zero-order chi connectivity index (χ0) is 27.4. The van der Waals surface area contributed by atoms with E-state index in [4.69, 9.17) is 23.7 Å². The van der Waals surface area contributed by atoms with E-state index in [0.717, 1.165) is 11.1 Å². The number of hydrogen-bond acceptors (Lipinski definition) is 8. The Kier molecular flexibility index (Phi) is 7.63. The fourth-order valence-corrected chi connectivity index (χ4v) is 4.91. The van der Waals surface area contributed by atoms with Crippen molar-refractivity contribution in [3.05, 3.63) is 107 Å². The minimum absolute atomic E-state index is 0.0237. The fraction of sp³-hybridized carbons (Fsp3) is 0.258. The van der Waals surface area contributed by atoms with Gasteiger partial charge in [0.15, 0.2) is 12.2 Å². The fourth-order valence-electron chi connectivity index (χ4n) is 4.91. The smallest absolute Gasteiger partial charge is 0.338 e. The van der Waals surface area contributed by atoms with Crippen LogP contribution in [0, 0.1) is 5.92 Å². The summed E-state index contributed by atoms with van der Waals surface area (Å²) in [4.78, 5) is 38.8. The highest BCUT2D eigenvalue weighted by atomic mass is 16.6. The third-order valence-corrected chi connectivity index (χ3v) is 6.77. The molecule has 3 aromatic rings. The number of benzene rings is 3. The second kappa shape index (κ2) is 11.4. The van der Waals surface area contributed by atoms with Crippen molar-refractivity contribution in [2.45, 2.75) is 38.3 Å². The maximum Gasteiger partial charge on any atom is 0.338 e. The molecule has 0 N–H and O–H groups in total. The van der Waals surface area contributed by atoms with E-state index in [-0.39, 0.29) is 12.2 Å². The van der Waals surface area contributed by atoms with Crippen molar-refractivity contribution in [3.8, 4) is 11.5 Å². The lowest BCUT2D eigenvalue weighted by atomic mass is 9.77. The Morgan fingerprint density at radius 2 is 1.62 bits per heavy atom. The van der Waals surface area contributed by atoms with Gasteiger partial charge in [-0.25, -0.2) is 9.59 Å². The standard InChI is InChI=1S/C31H28O8/c1-19(32)37-29-25(31(34)36-18-20-9-5-3-6-10-20)17-27-24(16-22-15-23(35-2)13-14-26(22)38-27)28(29)39-30(33)21-11-7-4-8-12-21/h3-15,17,24,27-29H,16,18H2,1-2H3/t24-,27-,28+,29-/m0/s1. The van der Waals surface area contributed by atoms with Gasteiger partial charge in [0.1, 0.15) is 24.2 Å². The van der Waals surface area contributed by atoms with Crippen molar-refractivity contribution < 1.29 is 38.1 Å². The van der Waals surface area contributed by atoms with Crippen molar-refractivity contribution in [1.82, 2.24) is 0 Å². The average molecular weight is 529 g/mol. The Morgan fingerprint density at radius 3 is 2.31 bits per heavy atom. The molecule has 0 unspecified atom stereocenters. The molecular formula is C31H28O8. The van der Waals surface area contributed by atoms with Crippen molar-refractivity contribution in [1.29, 1.82) is 0 Å². The molecule has 39 heavy (non-hydrogen) atoms. The van der Waals surface area contributed by atoms with E-state index < -0.39 is 42.1 Å². The van der Waals surface area contributed by atoms with Gasteiger partial charge < -0.3 is 23.7 Å². The Labute approximate surface area is 226 Å². The normalized spacial score (nSPS) is 21.2. The maximum absolute atomic E-state index is 13.4. The summed E-state index contributed by atoms with van der Waals surface area (Å²) in [7, 11) is 1.58. The molecule has 0 aromatic heterocycles. The van der Waals surface area contributed by atoms with Gasteiger partial charge in [0.25, 0.3) is 0 Å². The number of carbonyl (C=O) groups is 3. The van der Waals surface area contributed by atoms with Crippen LogP contribution < -0.4 is 9.47 Å². The number of hydrogen-bond donors (Lipinski definition) is 0. The predicted octanol–water partition coefficient (Wildman–Crippen LogP) is 4.46. The molecule has 2 aliphatic rings. The number of esters is 3. The second-order valence-corrected chi connectivity index (χ2v) is 9.37. The highest BCUT2D eigenvalue weighted by Gasteiger charge is 2.50. The average Bonchev–Trinajstić information content (AvgIpc) is 2.96. The number of fused-ring (bicyclic) bond motifs is 2. The topological polar surface area (TPSA) is 97.4 Å². The third kappa shape index (κ3) is 5.80. The van der Waals surface area contributed by atoms with Gasteiger partial charge in [-0.05, 0) is 54.0 Å². The zero-order valence-corrected chi connectivity index (χ0v) is 21.6. The van der Waals surface area contributed by atoms with Gasteiger partial charge in [0.2, 0.25) is 0 Å². The van der Waals surface area contributed by atoms with Gasteiger partial charge in [0.05, 0.1) is 18.2 Å². The van der Waals surface area contributed by atoms with Crippen LogP contribution in [0.2, 0.25) is 0 Å². The van der Waals surface area contributed by atoms with E-state index in [2.05, 4.69) is 0 Å². The number of rotatable bonds is 7. The first-order valence-electron chi connectivity index (χ1n) is 12.6. The van der Waals surface area contributed by atoms with Crippen LogP contribution in [-0.4, -0.2) is 43.3 Å². The lowest BCUT2D eigenvalue weighted by molar-refractivity contribution is -0.159. The third-order valence-electron chi connectivity index (χ3n) is 6.77. The quantitative estimate of drug-likeness (QED) is 0.328. The SMILES string of the molecule is COc1ccc2c(c1)C[C@@H]1[C@@H](OC(=O)c3ccccc3)[C@@H](OC(C)=O)C(C(=O)OCc3ccccc3)=C[C@@H]1O2. The van der Waals surface area contributed by atoms with Crippen LogP contribution in [0.5, 0.6) is 11.5 Å². The first-order valence-corrected chi connectivity index (χ1v) is 12.6. The summed E-state index contributed by atoms with van der Waals surface area (Å²) in [5.41, 5.74) is 2.04. The molecule has 0 spiro atoms. The summed E-state index contributed by atoms with van der Waals surface area (Å²) in [5, 5.41) is 0. The van der Waals surface area contributed by atoms with Crippen LogP contribution in [0.3, 0.4) is 0 Å². The molecule has 0 radical (unpaired) electrons. The van der Waals surface area contributed by atoms with Gasteiger partial charge in [-0.15, -0.1) is 0 Å². The van der Waals surface area contributed by atoms with E-state index in [0.29, 0.717) is 23.5 Å². The summed E-state index contributed by atoms with van der Waals surface area (Å²) in [6.45, 7) is 1.27. The van der Waals surface area contributed by atoms with E-state index >= 15 is 0 Å². The molecule has 5 rings (SSSR count). The molecule has 3 aromatic carbocycles. The molecule has 200 valence electrons. The first-order chi connectivity index (χ1) is 18.9. The lowest BCUT2D eigenvalue weighted by Gasteiger charge is -2.43. The molecule has 0 saturated carbocycles. The molecule has 1 heterocycles. The van der Waals surface area contributed by atoms with E-state index in [9.17, 15) is 14.4 Å². The Morgan fingerprint density at radius 1 is 0.897 bits per heavy atom. The molecule has 1 aliphatic carbocycles. The highest BCUT2D eigenvalue weighted by Crippen LogP contribution is 2.41. The van der Waals surface area contributed by atoms with Gasteiger partial charge in [-0.1, -0.05) is 48.5 Å². The zero-order valence-electron chi connectivity index (χ0n) is 21.6. The van der Waals surface area contributed by atoms with Gasteiger partial charge in [0, 0.05) is 12.8 Å². The van der Waals surface area contributed by atoms with Crippen LogP contribution in [-0.2, 0) is 36.8 Å². The number of carbonyl (C=O) groups excluding carboxylic acids is 3. The molecule has 0 fully saturated rings. The van der Waals surface area contributed by atoms with Crippen molar-refractivity contribution in [2.75, 3.05) is 7.11 Å². The van der Waals surface area contributed by atoms with E-state index in [1.54, 1.807) is 55.7 Å². The molecule has 0 bridgehead atoms. The van der Waals surface area contributed by atoms with Gasteiger partial charge in [-0.3, -0.25) is 4.79 Å². The predicted molar refractivity (Wildman–Crippen MR) is 140 cm³/mol. The molecule has 8 heteroatoms. The highest BCUT2D eigenvalue weighted by molar-refractivity contribution is 5.92. The van der Waals surface area contributed by atoms with Crippen LogP contribution in [0.25, 0.3) is 0 Å². The minimum atomic E-state index is -1.18. The Bertz CT molecular complexity index is 1380. The minimum Gasteiger partial charge on any atom is -0.497 e. The summed E-state index contributed by atoms with van der Waals surface area (Å²) in [6.07, 6.45) is -0.785. The van der Waals surface area contributed by atoms with Crippen LogP contribution in [0.1, 0.15) is 28.4 Å². The van der Waals surface area contributed by atoms with E-state index in [1.807, 2.05) is 36.4 Å². The number of methoxy groups -OCH3 is 1. The summed E-state index contributed by atoms with van der Waals surface area (Å²) in [6, 6.07) is 23.2. The maximum atomic E-state index is 13.4. The summed E-state index contributed by atoms with van der Waals surface area (Å²) in [5.74, 6) is -1.08. The van der Waals surface area contributed by atoms with Crippen LogP contribution >= 0.6 is 0 Å². The van der Waals surface area contributed by atoms with Crippen LogP contribution in [0.15, 0.2) is 90.5 Å². The van der Waals surface area contributed by atoms with Crippen molar-refractivity contribution >= 4 is 17.9 Å². The summed E-state index contributed by atoms with van der Waals surface area (Å²) >= 11 is 0. The first kappa shape index (κ1) is 26.0. The van der Waals surface area contributed by atoms with Gasteiger partial charge >= 0.3 is 17.9 Å². The van der Waals surface area contributed by atoms with Gasteiger partial charge in [-0.2, -0.15) is 0 Å². The molecular weight excluding hydrogens is 500 g/mol. The van der Waals surface area contributed by atoms with Crippen LogP contribution in [0.4, 0.5) is 0 Å². The number of ether oxygens (including phenoxy) is 5. The lowest BCUT2D eigenvalue weighted by Crippen LogP contribution is -2.53. The van der Waals surface area contributed by atoms with E-state index in [1.165, 1.54) is 6.92 Å². The molecule has 8 nitrogen and oxygen atoms in total. The van der Waals surface area contributed by atoms with Crippen molar-refractivity contribution in [3.63, 3.8) is 0 Å². The monoisotopic (exact) mass is 528 g/mol. The summed E-state index contributed by atoms with van der Waals surface area (Å²) < 4.78 is 28.9. The molecule has 1 aliphatic heterocycles. The Hall–Kier alpha value is -4.59. The largest absolute Gasteiger partial charge is 0.497 e. The molecule has 4 atom stereocenters. The second-order valence-electron chi connectivity index (χ2n) is 9.37. The molecule has 0 amide bonds. The Balaban J connectivity index is 1.51. The molecule has 0 saturated heterocycles.